The minimum absolute atomic E-state index is 0.136. The van der Waals surface area contributed by atoms with Crippen LogP contribution in [0.5, 0.6) is 0 Å². The fraction of sp³-hybridized carbons (Fsp3) is 0.179. The number of aromatic nitrogens is 1. The highest BCUT2D eigenvalue weighted by molar-refractivity contribution is 6.05. The Labute approximate surface area is 202 Å². The molecule has 2 heterocycles. The highest BCUT2D eigenvalue weighted by Gasteiger charge is 2.44. The first-order valence-electron chi connectivity index (χ1n) is 11.4. The van der Waals surface area contributed by atoms with E-state index in [-0.39, 0.29) is 11.8 Å². The summed E-state index contributed by atoms with van der Waals surface area (Å²) in [5.74, 6) is -1.06. The zero-order valence-corrected chi connectivity index (χ0v) is 19.2. The predicted molar refractivity (Wildman–Crippen MR) is 133 cm³/mol. The van der Waals surface area contributed by atoms with Gasteiger partial charge in [0.25, 0.3) is 5.91 Å². The van der Waals surface area contributed by atoms with Crippen LogP contribution in [0.15, 0.2) is 79.0 Å². The molecule has 0 aliphatic carbocycles. The first kappa shape index (κ1) is 22.4. The van der Waals surface area contributed by atoms with Crippen LogP contribution in [0.1, 0.15) is 39.0 Å². The van der Waals surface area contributed by atoms with Crippen LogP contribution in [-0.4, -0.2) is 42.0 Å². The van der Waals surface area contributed by atoms with Gasteiger partial charge in [-0.2, -0.15) is 5.26 Å². The normalized spacial score (nSPS) is 17.1. The molecule has 0 spiro atoms. The maximum Gasteiger partial charge on any atom is 0.254 e. The summed E-state index contributed by atoms with van der Waals surface area (Å²) in [7, 11) is 1.59. The van der Waals surface area contributed by atoms with Gasteiger partial charge in [0.15, 0.2) is 0 Å². The van der Waals surface area contributed by atoms with Crippen LogP contribution in [0.3, 0.4) is 0 Å². The molecular weight excluding hydrogens is 440 g/mol. The highest BCUT2D eigenvalue weighted by Crippen LogP contribution is 2.45. The van der Waals surface area contributed by atoms with E-state index in [0.717, 1.165) is 16.5 Å². The second kappa shape index (κ2) is 9.45. The molecule has 7 nitrogen and oxygen atoms in total. The zero-order chi connectivity index (χ0) is 24.4. The molecule has 7 heteroatoms. The van der Waals surface area contributed by atoms with Gasteiger partial charge in [0, 0.05) is 47.6 Å². The number of rotatable bonds is 6. The van der Waals surface area contributed by atoms with E-state index in [0.29, 0.717) is 35.5 Å². The number of nitriles is 1. The van der Waals surface area contributed by atoms with Gasteiger partial charge in [0.05, 0.1) is 30.2 Å². The summed E-state index contributed by atoms with van der Waals surface area (Å²) in [4.78, 5) is 32.6. The van der Waals surface area contributed by atoms with Crippen LogP contribution < -0.4 is 5.32 Å². The van der Waals surface area contributed by atoms with Crippen LogP contribution in [0.2, 0.25) is 0 Å². The number of carbonyl (C=O) groups excluding carboxylic acids is 2. The number of ether oxygens (including phenoxy) is 1. The van der Waals surface area contributed by atoms with Crippen molar-refractivity contribution in [2.24, 2.45) is 0 Å². The van der Waals surface area contributed by atoms with Crippen molar-refractivity contribution in [1.82, 2.24) is 9.88 Å². The summed E-state index contributed by atoms with van der Waals surface area (Å²) < 4.78 is 5.32. The number of anilines is 1. The highest BCUT2D eigenvalue weighted by atomic mass is 16.5. The van der Waals surface area contributed by atoms with Gasteiger partial charge in [-0.1, -0.05) is 42.5 Å². The minimum atomic E-state index is -0.675. The molecule has 2 N–H and O–H groups in total. The van der Waals surface area contributed by atoms with E-state index in [2.05, 4.69) is 16.4 Å². The van der Waals surface area contributed by atoms with E-state index in [9.17, 15) is 14.9 Å². The lowest BCUT2D eigenvalue weighted by Gasteiger charge is -2.41. The van der Waals surface area contributed by atoms with Crippen LogP contribution >= 0.6 is 0 Å². The Bertz CT molecular complexity index is 1450. The monoisotopic (exact) mass is 464 g/mol. The van der Waals surface area contributed by atoms with Crippen molar-refractivity contribution in [3.05, 3.63) is 101 Å². The number of aromatic amines is 1. The molecule has 3 aromatic carbocycles. The van der Waals surface area contributed by atoms with Crippen molar-refractivity contribution in [3.8, 4) is 6.07 Å². The molecule has 1 aliphatic heterocycles. The van der Waals surface area contributed by atoms with E-state index in [4.69, 9.17) is 4.74 Å². The molecule has 2 unspecified atom stereocenters. The maximum absolute atomic E-state index is 13.9. The van der Waals surface area contributed by atoms with Crippen LogP contribution in [0, 0.1) is 11.3 Å². The number of hydrogen-bond acceptors (Lipinski definition) is 4. The summed E-state index contributed by atoms with van der Waals surface area (Å²) in [6.45, 7) is 0.673. The molecule has 0 fully saturated rings. The number of fused-ring (bicyclic) bond motifs is 2. The fourth-order valence-electron chi connectivity index (χ4n) is 4.88. The number of H-pyrrole nitrogens is 1. The summed E-state index contributed by atoms with van der Waals surface area (Å²) in [6.07, 6.45) is 1.88. The average molecular weight is 465 g/mol. The van der Waals surface area contributed by atoms with Crippen LogP contribution in [-0.2, 0) is 9.53 Å². The Morgan fingerprint density at radius 2 is 1.89 bits per heavy atom. The van der Waals surface area contributed by atoms with Crippen molar-refractivity contribution in [2.75, 3.05) is 25.6 Å². The number of nitrogens with one attached hydrogen (secondary N) is 2. The molecular formula is C28H24N4O3. The maximum atomic E-state index is 13.9. The third-order valence-electron chi connectivity index (χ3n) is 6.46. The number of nitrogens with zero attached hydrogens (tertiary/aromatic N) is 2. The topological polar surface area (TPSA) is 98.2 Å². The van der Waals surface area contributed by atoms with Crippen molar-refractivity contribution in [2.45, 2.75) is 12.0 Å². The Morgan fingerprint density at radius 1 is 1.09 bits per heavy atom. The number of amides is 2. The van der Waals surface area contributed by atoms with Gasteiger partial charge in [0.2, 0.25) is 5.91 Å². The summed E-state index contributed by atoms with van der Waals surface area (Å²) in [5.41, 5.74) is 3.97. The molecule has 1 aromatic heterocycles. The third kappa shape index (κ3) is 4.05. The van der Waals surface area contributed by atoms with Gasteiger partial charge in [-0.3, -0.25) is 9.59 Å². The molecule has 0 radical (unpaired) electrons. The average Bonchev–Trinajstić information content (AvgIpc) is 3.32. The van der Waals surface area contributed by atoms with E-state index in [1.165, 1.54) is 0 Å². The number of para-hydroxylation sites is 1. The zero-order valence-electron chi connectivity index (χ0n) is 19.2. The summed E-state index contributed by atoms with van der Waals surface area (Å²) >= 11 is 0. The van der Waals surface area contributed by atoms with Gasteiger partial charge in [-0.15, -0.1) is 0 Å². The molecule has 0 bridgehead atoms. The van der Waals surface area contributed by atoms with Crippen molar-refractivity contribution in [1.29, 1.82) is 5.26 Å². The quantitative estimate of drug-likeness (QED) is 0.436. The van der Waals surface area contributed by atoms with Crippen LogP contribution in [0.25, 0.3) is 10.9 Å². The predicted octanol–water partition coefficient (Wildman–Crippen LogP) is 4.61. The second-order valence-corrected chi connectivity index (χ2v) is 8.47. The lowest BCUT2D eigenvalue weighted by molar-refractivity contribution is -0.119. The van der Waals surface area contributed by atoms with Crippen LogP contribution in [0.4, 0.5) is 5.69 Å². The van der Waals surface area contributed by atoms with Gasteiger partial charge >= 0.3 is 0 Å². The van der Waals surface area contributed by atoms with E-state index < -0.39 is 12.0 Å². The van der Waals surface area contributed by atoms with Gasteiger partial charge in [0.1, 0.15) is 0 Å². The first-order valence-corrected chi connectivity index (χ1v) is 11.4. The SMILES string of the molecule is COCCN1C(=O)c2ccccc2C(C(=O)Nc2cccc(C#N)c2)C1c1c[nH]c2ccccc12. The van der Waals surface area contributed by atoms with Crippen molar-refractivity contribution in [3.63, 3.8) is 0 Å². The van der Waals surface area contributed by atoms with Gasteiger partial charge in [-0.05, 0) is 35.9 Å². The molecule has 2 atom stereocenters. The smallest absolute Gasteiger partial charge is 0.254 e. The van der Waals surface area contributed by atoms with E-state index in [1.54, 1.807) is 42.3 Å². The molecule has 0 saturated heterocycles. The number of hydrogen-bond donors (Lipinski definition) is 2. The fourth-order valence-corrected chi connectivity index (χ4v) is 4.88. The minimum Gasteiger partial charge on any atom is -0.383 e. The summed E-state index contributed by atoms with van der Waals surface area (Å²) in [5, 5.41) is 13.2. The molecule has 35 heavy (non-hydrogen) atoms. The van der Waals surface area contributed by atoms with Crippen molar-refractivity contribution >= 4 is 28.4 Å². The standard InChI is InChI=1S/C28H24N4O3/c1-35-14-13-32-26(23-17-30-24-12-5-4-9-20(23)24)25(21-10-2-3-11-22(21)28(32)34)27(33)31-19-8-6-7-18(15-19)16-29/h2-12,15,17,25-26,30H,13-14H2,1H3,(H,31,33). The largest absolute Gasteiger partial charge is 0.383 e. The number of carbonyl (C=O) groups is 2. The lowest BCUT2D eigenvalue weighted by Crippen LogP contribution is -2.47. The molecule has 0 saturated carbocycles. The molecule has 4 aromatic rings. The Hall–Kier alpha value is -4.41. The Morgan fingerprint density at radius 3 is 2.71 bits per heavy atom. The van der Waals surface area contributed by atoms with E-state index in [1.807, 2.05) is 48.7 Å². The molecule has 174 valence electrons. The molecule has 1 aliphatic rings. The summed E-state index contributed by atoms with van der Waals surface area (Å²) in [6, 6.07) is 23.5. The number of methoxy groups -OCH3 is 1. The Kier molecular flexibility index (Phi) is 6.04. The van der Waals surface area contributed by atoms with E-state index >= 15 is 0 Å². The van der Waals surface area contributed by atoms with Crippen molar-refractivity contribution < 1.29 is 14.3 Å². The van der Waals surface area contributed by atoms with Gasteiger partial charge in [-0.25, -0.2) is 0 Å². The second-order valence-electron chi connectivity index (χ2n) is 8.47. The van der Waals surface area contributed by atoms with Gasteiger partial charge < -0.3 is 19.9 Å². The molecule has 2 amide bonds. The molecule has 5 rings (SSSR count). The Balaban J connectivity index is 1.66. The lowest BCUT2D eigenvalue weighted by atomic mass is 9.79. The first-order chi connectivity index (χ1) is 17.1. The number of benzene rings is 3. The third-order valence-corrected chi connectivity index (χ3v) is 6.46.